The molecule has 0 aromatic rings. The smallest absolute Gasteiger partial charge is 0.411 e. The second-order valence-electron chi connectivity index (χ2n) is 5.37. The Balaban J connectivity index is 2.98. The second-order valence-corrected chi connectivity index (χ2v) is 5.37. The van der Waals surface area contributed by atoms with Crippen LogP contribution in [0.25, 0.3) is 0 Å². The third-order valence-electron chi connectivity index (χ3n) is 2.84. The van der Waals surface area contributed by atoms with Crippen LogP contribution < -0.4 is 0 Å². The van der Waals surface area contributed by atoms with E-state index in [0.717, 1.165) is 4.90 Å². The van der Waals surface area contributed by atoms with E-state index in [1.807, 2.05) is 0 Å². The van der Waals surface area contributed by atoms with Crippen molar-refractivity contribution in [3.63, 3.8) is 0 Å². The van der Waals surface area contributed by atoms with Gasteiger partial charge < -0.3 is 9.47 Å². The van der Waals surface area contributed by atoms with Gasteiger partial charge in [0.25, 0.3) is 0 Å². The molecule has 1 heterocycles. The topological polar surface area (TPSA) is 72.9 Å². The Morgan fingerprint density at radius 3 is 2.33 bits per heavy atom. The Kier molecular flexibility index (Phi) is 3.69. The first-order chi connectivity index (χ1) is 8.13. The van der Waals surface area contributed by atoms with Crippen LogP contribution in [-0.4, -0.2) is 47.5 Å². The molecule has 1 amide bonds. The molecule has 6 heteroatoms. The number of hydrogen-bond donors (Lipinski definition) is 0. The Hall–Kier alpha value is -1.59. The summed E-state index contributed by atoms with van der Waals surface area (Å²) in [6.07, 6.45) is -0.550. The number of ether oxygens (including phenoxy) is 2. The van der Waals surface area contributed by atoms with Crippen LogP contribution in [0.3, 0.4) is 0 Å². The minimum Gasteiger partial charge on any atom is -0.467 e. The van der Waals surface area contributed by atoms with Crippen LogP contribution in [0.1, 0.15) is 34.1 Å². The van der Waals surface area contributed by atoms with E-state index < -0.39 is 23.2 Å². The van der Waals surface area contributed by atoms with Gasteiger partial charge in [-0.05, 0) is 27.7 Å². The summed E-state index contributed by atoms with van der Waals surface area (Å²) < 4.78 is 9.80. The van der Waals surface area contributed by atoms with E-state index in [1.165, 1.54) is 14.0 Å². The maximum Gasteiger partial charge on any atom is 0.411 e. The molecular formula is C12H19NO5. The lowest BCUT2D eigenvalue weighted by Gasteiger charge is -2.32. The number of methoxy groups -OCH3 is 1. The van der Waals surface area contributed by atoms with E-state index >= 15 is 0 Å². The van der Waals surface area contributed by atoms with Gasteiger partial charge >= 0.3 is 12.1 Å². The highest BCUT2D eigenvalue weighted by Gasteiger charge is 2.54. The number of carbonyl (C=O) groups is 3. The molecule has 0 spiro atoms. The van der Waals surface area contributed by atoms with Crippen LogP contribution in [0.2, 0.25) is 0 Å². The minimum atomic E-state index is -1.57. The van der Waals surface area contributed by atoms with Gasteiger partial charge in [-0.3, -0.25) is 9.69 Å². The number of nitrogens with zero attached hydrogens (tertiary/aromatic N) is 1. The largest absolute Gasteiger partial charge is 0.467 e. The highest BCUT2D eigenvalue weighted by atomic mass is 16.6. The van der Waals surface area contributed by atoms with E-state index in [9.17, 15) is 14.4 Å². The van der Waals surface area contributed by atoms with Gasteiger partial charge in [-0.2, -0.15) is 0 Å². The molecule has 0 N–H and O–H groups in total. The first-order valence-electron chi connectivity index (χ1n) is 5.75. The van der Waals surface area contributed by atoms with Gasteiger partial charge in [0.2, 0.25) is 0 Å². The van der Waals surface area contributed by atoms with Crippen molar-refractivity contribution in [2.45, 2.75) is 45.3 Å². The molecule has 0 aliphatic carbocycles. The molecule has 102 valence electrons. The number of ketones is 1. The van der Waals surface area contributed by atoms with Crippen LogP contribution >= 0.6 is 0 Å². The van der Waals surface area contributed by atoms with Gasteiger partial charge in [-0.15, -0.1) is 0 Å². The van der Waals surface area contributed by atoms with Crippen molar-refractivity contribution in [2.75, 3.05) is 13.7 Å². The third kappa shape index (κ3) is 2.47. The van der Waals surface area contributed by atoms with Crippen LogP contribution in [-0.2, 0) is 19.1 Å². The first-order valence-corrected chi connectivity index (χ1v) is 5.75. The number of amides is 1. The molecular weight excluding hydrogens is 238 g/mol. The highest BCUT2D eigenvalue weighted by Crippen LogP contribution is 2.28. The monoisotopic (exact) mass is 257 g/mol. The molecule has 0 saturated carbocycles. The van der Waals surface area contributed by atoms with Crippen molar-refractivity contribution in [3.05, 3.63) is 0 Å². The second kappa shape index (κ2) is 4.59. The minimum absolute atomic E-state index is 0.130. The molecule has 1 rings (SSSR count). The zero-order valence-corrected chi connectivity index (χ0v) is 11.4. The lowest BCUT2D eigenvalue weighted by atomic mass is 9.98. The molecule has 1 atom stereocenters. The molecule has 0 aromatic heterocycles. The Bertz CT molecular complexity index is 384. The summed E-state index contributed by atoms with van der Waals surface area (Å²) in [5.74, 6) is -1.07. The van der Waals surface area contributed by atoms with Gasteiger partial charge in [0.15, 0.2) is 11.3 Å². The average molecular weight is 257 g/mol. The van der Waals surface area contributed by atoms with E-state index in [-0.39, 0.29) is 18.7 Å². The summed E-state index contributed by atoms with van der Waals surface area (Å²) in [6, 6.07) is 0. The van der Waals surface area contributed by atoms with Crippen LogP contribution in [0.4, 0.5) is 4.79 Å². The standard InChI is InChI=1S/C12H19NO5/c1-11(2,3)18-10(16)13-7-6-8(14)12(13,4)9(15)17-5/h6-7H2,1-5H3. The van der Waals surface area contributed by atoms with Crippen molar-refractivity contribution < 1.29 is 23.9 Å². The molecule has 1 unspecified atom stereocenters. The first kappa shape index (κ1) is 14.5. The summed E-state index contributed by atoms with van der Waals surface area (Å²) in [4.78, 5) is 36.7. The zero-order chi connectivity index (χ0) is 14.1. The number of rotatable bonds is 1. The lowest BCUT2D eigenvalue weighted by Crippen LogP contribution is -2.56. The van der Waals surface area contributed by atoms with E-state index in [2.05, 4.69) is 4.74 Å². The van der Waals surface area contributed by atoms with Gasteiger partial charge in [0.1, 0.15) is 5.60 Å². The Morgan fingerprint density at radius 2 is 1.89 bits per heavy atom. The van der Waals surface area contributed by atoms with E-state index in [0.29, 0.717) is 0 Å². The van der Waals surface area contributed by atoms with E-state index in [4.69, 9.17) is 4.74 Å². The predicted octanol–water partition coefficient (Wildman–Crippen LogP) is 1.13. The molecule has 0 radical (unpaired) electrons. The van der Waals surface area contributed by atoms with Crippen LogP contribution in [0, 0.1) is 0 Å². The van der Waals surface area contributed by atoms with E-state index in [1.54, 1.807) is 20.8 Å². The number of Topliss-reactive ketones (excluding diaryl/α,β-unsaturated/α-hetero) is 1. The number of carbonyl (C=O) groups excluding carboxylic acids is 3. The number of likely N-dealkylation sites (tertiary alicyclic amines) is 1. The molecule has 6 nitrogen and oxygen atoms in total. The Labute approximate surface area is 106 Å². The normalized spacial score (nSPS) is 24.1. The summed E-state index contributed by atoms with van der Waals surface area (Å²) in [5.41, 5.74) is -2.25. The highest BCUT2D eigenvalue weighted by molar-refractivity contribution is 6.11. The summed E-state index contributed by atoms with van der Waals surface area (Å²) in [6.45, 7) is 6.71. The molecule has 0 bridgehead atoms. The maximum absolute atomic E-state index is 12.0. The number of hydrogen-bond acceptors (Lipinski definition) is 5. The van der Waals surface area contributed by atoms with Crippen molar-refractivity contribution in [3.8, 4) is 0 Å². The molecule has 1 fully saturated rings. The van der Waals surface area contributed by atoms with Crippen LogP contribution in [0.5, 0.6) is 0 Å². The van der Waals surface area contributed by atoms with Crippen LogP contribution in [0.15, 0.2) is 0 Å². The fourth-order valence-electron chi connectivity index (χ4n) is 1.84. The SMILES string of the molecule is COC(=O)C1(C)C(=O)CCN1C(=O)OC(C)(C)C. The fourth-order valence-corrected chi connectivity index (χ4v) is 1.84. The summed E-state index contributed by atoms with van der Waals surface area (Å²) >= 11 is 0. The Morgan fingerprint density at radius 1 is 1.33 bits per heavy atom. The predicted molar refractivity (Wildman–Crippen MR) is 63.0 cm³/mol. The zero-order valence-electron chi connectivity index (χ0n) is 11.4. The molecule has 0 aromatic carbocycles. The van der Waals surface area contributed by atoms with Crippen molar-refractivity contribution in [1.82, 2.24) is 4.90 Å². The van der Waals surface area contributed by atoms with Crippen molar-refractivity contribution >= 4 is 17.8 Å². The summed E-state index contributed by atoms with van der Waals surface area (Å²) in [5, 5.41) is 0. The molecule has 1 saturated heterocycles. The average Bonchev–Trinajstić information content (AvgIpc) is 2.53. The van der Waals surface area contributed by atoms with Gasteiger partial charge in [0.05, 0.1) is 7.11 Å². The molecule has 1 aliphatic heterocycles. The van der Waals surface area contributed by atoms with Gasteiger partial charge in [0, 0.05) is 13.0 Å². The molecule has 18 heavy (non-hydrogen) atoms. The summed E-state index contributed by atoms with van der Waals surface area (Å²) in [7, 11) is 1.19. The fraction of sp³-hybridized carbons (Fsp3) is 0.750. The maximum atomic E-state index is 12.0. The van der Waals surface area contributed by atoms with Gasteiger partial charge in [-0.25, -0.2) is 9.59 Å². The number of esters is 1. The third-order valence-corrected chi connectivity index (χ3v) is 2.84. The van der Waals surface area contributed by atoms with Crippen molar-refractivity contribution in [2.24, 2.45) is 0 Å². The van der Waals surface area contributed by atoms with Gasteiger partial charge in [-0.1, -0.05) is 0 Å². The molecule has 1 aliphatic rings. The lowest BCUT2D eigenvalue weighted by molar-refractivity contribution is -0.155. The van der Waals surface area contributed by atoms with Crippen molar-refractivity contribution in [1.29, 1.82) is 0 Å². The quantitative estimate of drug-likeness (QED) is 0.520.